The highest BCUT2D eigenvalue weighted by molar-refractivity contribution is 5.41. The zero-order valence-corrected chi connectivity index (χ0v) is 12.5. The van der Waals surface area contributed by atoms with Crippen LogP contribution in [-0.2, 0) is 19.1 Å². The number of nitrogens with zero attached hydrogens (tertiary/aromatic N) is 2. The van der Waals surface area contributed by atoms with Crippen LogP contribution in [-0.4, -0.2) is 16.3 Å². The molecule has 2 heterocycles. The fraction of sp³-hybridized carbons (Fsp3) is 0.438. The monoisotopic (exact) mass is 309 g/mol. The van der Waals surface area contributed by atoms with Crippen molar-refractivity contribution >= 4 is 0 Å². The van der Waals surface area contributed by atoms with Crippen molar-refractivity contribution in [3.8, 4) is 5.69 Å². The molecule has 0 spiro atoms. The van der Waals surface area contributed by atoms with Gasteiger partial charge in [-0.15, -0.1) is 0 Å². The Labute approximate surface area is 127 Å². The first-order valence-corrected chi connectivity index (χ1v) is 7.37. The topological polar surface area (TPSA) is 29.9 Å². The Morgan fingerprint density at radius 1 is 1.18 bits per heavy atom. The summed E-state index contributed by atoms with van der Waals surface area (Å²) in [5.41, 5.74) is 3.34. The van der Waals surface area contributed by atoms with E-state index in [9.17, 15) is 13.2 Å². The Morgan fingerprint density at radius 3 is 2.45 bits per heavy atom. The van der Waals surface area contributed by atoms with Gasteiger partial charge in [-0.1, -0.05) is 13.8 Å². The molecule has 0 atom stereocenters. The van der Waals surface area contributed by atoms with Crippen molar-refractivity contribution in [3.63, 3.8) is 0 Å². The van der Waals surface area contributed by atoms with Gasteiger partial charge in [-0.25, -0.2) is 4.68 Å². The number of halogens is 3. The first-order valence-electron chi connectivity index (χ1n) is 7.37. The van der Waals surface area contributed by atoms with Gasteiger partial charge in [0.25, 0.3) is 0 Å². The lowest BCUT2D eigenvalue weighted by Crippen LogP contribution is -2.25. The van der Waals surface area contributed by atoms with Gasteiger partial charge in [0.15, 0.2) is 0 Å². The molecule has 3 rings (SSSR count). The molecule has 2 aromatic rings. The second-order valence-electron chi connectivity index (χ2n) is 5.85. The summed E-state index contributed by atoms with van der Waals surface area (Å²) in [6, 6.07) is 5.20. The third-order valence-electron chi connectivity index (χ3n) is 3.95. The molecule has 22 heavy (non-hydrogen) atoms. The minimum Gasteiger partial charge on any atom is -0.312 e. The molecule has 0 radical (unpaired) electrons. The molecule has 1 N–H and O–H groups in total. The highest BCUT2D eigenvalue weighted by Gasteiger charge is 2.30. The Hall–Kier alpha value is -1.82. The molecule has 1 aliphatic heterocycles. The molecule has 118 valence electrons. The second kappa shape index (κ2) is 5.43. The van der Waals surface area contributed by atoms with Crippen molar-refractivity contribution in [3.05, 3.63) is 46.8 Å². The molecule has 0 unspecified atom stereocenters. The first-order chi connectivity index (χ1) is 10.4. The smallest absolute Gasteiger partial charge is 0.312 e. The quantitative estimate of drug-likeness (QED) is 0.917. The van der Waals surface area contributed by atoms with Crippen LogP contribution in [0, 0.1) is 0 Å². The number of aromatic nitrogens is 2. The summed E-state index contributed by atoms with van der Waals surface area (Å²) in [7, 11) is 0. The molecule has 0 saturated carbocycles. The number of rotatable bonds is 2. The largest absolute Gasteiger partial charge is 0.416 e. The van der Waals surface area contributed by atoms with Gasteiger partial charge < -0.3 is 5.32 Å². The minimum atomic E-state index is -4.31. The van der Waals surface area contributed by atoms with Crippen LogP contribution in [0.2, 0.25) is 0 Å². The maximum atomic E-state index is 12.7. The average Bonchev–Trinajstić information content (AvgIpc) is 2.86. The van der Waals surface area contributed by atoms with Gasteiger partial charge in [-0.05, 0) is 30.2 Å². The van der Waals surface area contributed by atoms with Gasteiger partial charge in [-0.3, -0.25) is 0 Å². The summed E-state index contributed by atoms with van der Waals surface area (Å²) in [6.07, 6.45) is -3.48. The maximum absolute atomic E-state index is 12.7. The van der Waals surface area contributed by atoms with Crippen LogP contribution in [0.15, 0.2) is 24.3 Å². The minimum absolute atomic E-state index is 0.282. The molecule has 1 aromatic carbocycles. The lowest BCUT2D eigenvalue weighted by molar-refractivity contribution is -0.137. The summed E-state index contributed by atoms with van der Waals surface area (Å²) in [5.74, 6) is 0.282. The lowest BCUT2D eigenvalue weighted by atomic mass is 10.0. The van der Waals surface area contributed by atoms with Crippen LogP contribution in [0.25, 0.3) is 5.69 Å². The van der Waals surface area contributed by atoms with E-state index in [0.29, 0.717) is 5.69 Å². The number of hydrogen-bond donors (Lipinski definition) is 1. The fourth-order valence-corrected chi connectivity index (χ4v) is 2.84. The predicted octanol–water partition coefficient (Wildman–Crippen LogP) is 3.66. The van der Waals surface area contributed by atoms with Crippen LogP contribution in [0.5, 0.6) is 0 Å². The van der Waals surface area contributed by atoms with Gasteiger partial charge in [-0.2, -0.15) is 18.3 Å². The van der Waals surface area contributed by atoms with Crippen LogP contribution in [0.3, 0.4) is 0 Å². The summed E-state index contributed by atoms with van der Waals surface area (Å²) >= 11 is 0. The molecule has 0 fully saturated rings. The summed E-state index contributed by atoms with van der Waals surface area (Å²) < 4.78 is 39.8. The van der Waals surface area contributed by atoms with E-state index in [0.717, 1.165) is 43.0 Å². The highest BCUT2D eigenvalue weighted by Crippen LogP contribution is 2.31. The van der Waals surface area contributed by atoms with Crippen molar-refractivity contribution in [1.82, 2.24) is 15.1 Å². The fourth-order valence-electron chi connectivity index (χ4n) is 2.84. The molecular weight excluding hydrogens is 291 g/mol. The number of fused-ring (bicyclic) bond motifs is 1. The molecule has 1 aromatic heterocycles. The number of benzene rings is 1. The normalized spacial score (nSPS) is 15.2. The van der Waals surface area contributed by atoms with Crippen LogP contribution < -0.4 is 5.32 Å². The Kier molecular flexibility index (Phi) is 3.72. The van der Waals surface area contributed by atoms with Gasteiger partial charge >= 0.3 is 6.18 Å². The number of hydrogen-bond acceptors (Lipinski definition) is 2. The summed E-state index contributed by atoms with van der Waals surface area (Å²) in [5, 5.41) is 7.98. The van der Waals surface area contributed by atoms with E-state index >= 15 is 0 Å². The molecule has 0 aliphatic carbocycles. The lowest BCUT2D eigenvalue weighted by Gasteiger charge is -2.16. The molecular formula is C16H18F3N3. The highest BCUT2D eigenvalue weighted by atomic mass is 19.4. The Balaban J connectivity index is 2.05. The van der Waals surface area contributed by atoms with Gasteiger partial charge in [0.1, 0.15) is 0 Å². The molecule has 0 amide bonds. The second-order valence-corrected chi connectivity index (χ2v) is 5.85. The van der Waals surface area contributed by atoms with Crippen molar-refractivity contribution in [1.29, 1.82) is 0 Å². The predicted molar refractivity (Wildman–Crippen MR) is 78.1 cm³/mol. The maximum Gasteiger partial charge on any atom is 0.416 e. The van der Waals surface area contributed by atoms with E-state index in [1.807, 2.05) is 0 Å². The summed E-state index contributed by atoms with van der Waals surface area (Å²) in [6.45, 7) is 5.78. The van der Waals surface area contributed by atoms with Crippen molar-refractivity contribution in [2.75, 3.05) is 6.54 Å². The zero-order chi connectivity index (χ0) is 15.9. The van der Waals surface area contributed by atoms with Crippen LogP contribution in [0.4, 0.5) is 13.2 Å². The molecule has 0 bridgehead atoms. The molecule has 0 saturated heterocycles. The van der Waals surface area contributed by atoms with Gasteiger partial charge in [0.2, 0.25) is 0 Å². The summed E-state index contributed by atoms with van der Waals surface area (Å²) in [4.78, 5) is 0. The molecule has 6 heteroatoms. The number of alkyl halides is 3. The standard InChI is InChI=1S/C16H18F3N3/c1-10(2)15-13-9-20-8-7-14(13)22(21-15)12-5-3-11(4-6-12)16(17,18)19/h3-6,10,20H,7-9H2,1-2H3. The third-order valence-corrected chi connectivity index (χ3v) is 3.95. The van der Waals surface area contributed by atoms with Crippen LogP contribution >= 0.6 is 0 Å². The van der Waals surface area contributed by atoms with Gasteiger partial charge in [0, 0.05) is 25.1 Å². The van der Waals surface area contributed by atoms with E-state index in [4.69, 9.17) is 0 Å². The van der Waals surface area contributed by atoms with Gasteiger partial charge in [0.05, 0.1) is 22.6 Å². The van der Waals surface area contributed by atoms with Crippen LogP contribution in [0.1, 0.15) is 42.3 Å². The van der Waals surface area contributed by atoms with E-state index in [1.54, 1.807) is 4.68 Å². The van der Waals surface area contributed by atoms with E-state index in [2.05, 4.69) is 24.3 Å². The van der Waals surface area contributed by atoms with E-state index in [-0.39, 0.29) is 5.92 Å². The molecule has 1 aliphatic rings. The number of nitrogens with one attached hydrogen (secondary N) is 1. The third kappa shape index (κ3) is 2.63. The Morgan fingerprint density at radius 2 is 1.86 bits per heavy atom. The average molecular weight is 309 g/mol. The first kappa shape index (κ1) is 15.1. The Bertz CT molecular complexity index is 669. The molecule has 3 nitrogen and oxygen atoms in total. The van der Waals surface area contributed by atoms with Crippen molar-refractivity contribution in [2.45, 2.75) is 38.9 Å². The van der Waals surface area contributed by atoms with Crippen molar-refractivity contribution < 1.29 is 13.2 Å². The van der Waals surface area contributed by atoms with E-state index in [1.165, 1.54) is 17.7 Å². The SMILES string of the molecule is CC(C)c1nn(-c2ccc(C(F)(F)F)cc2)c2c1CNCC2. The zero-order valence-electron chi connectivity index (χ0n) is 12.5. The van der Waals surface area contributed by atoms with Crippen molar-refractivity contribution in [2.24, 2.45) is 0 Å². The van der Waals surface area contributed by atoms with E-state index < -0.39 is 11.7 Å².